The quantitative estimate of drug-likeness (QED) is 0.462. The van der Waals surface area contributed by atoms with Crippen molar-refractivity contribution in [3.63, 3.8) is 0 Å². The first-order valence-corrected chi connectivity index (χ1v) is 5.14. The average molecular weight is 244 g/mol. The minimum absolute atomic E-state index is 0.116. The maximum Gasteiger partial charge on any atom is 0.173 e. The minimum Gasteiger partial charge on any atom is -0.378 e. The molecular weight excluding hydrogens is 232 g/mol. The second-order valence-corrected chi connectivity index (χ2v) is 3.56. The van der Waals surface area contributed by atoms with E-state index in [-0.39, 0.29) is 5.78 Å². The molecule has 0 aliphatic rings. The van der Waals surface area contributed by atoms with Crippen LogP contribution >= 0.6 is 15.9 Å². The van der Waals surface area contributed by atoms with Gasteiger partial charge >= 0.3 is 0 Å². The van der Waals surface area contributed by atoms with Crippen LogP contribution in [0.25, 0.3) is 0 Å². The molecule has 0 amide bonds. The Labute approximate surface area is 86.7 Å². The third kappa shape index (κ3) is 2.56. The lowest BCUT2D eigenvalue weighted by Gasteiger charge is -2.11. The van der Waals surface area contributed by atoms with Gasteiger partial charge in [-0.15, -0.1) is 0 Å². The zero-order valence-corrected chi connectivity index (χ0v) is 9.34. The van der Waals surface area contributed by atoms with E-state index in [1.54, 1.807) is 0 Å². The summed E-state index contributed by atoms with van der Waals surface area (Å²) in [5.74, 6) is 0.116. The van der Waals surface area contributed by atoms with Gasteiger partial charge in [0.1, 0.15) is 0 Å². The Morgan fingerprint density at radius 3 is 2.23 bits per heavy atom. The van der Waals surface area contributed by atoms with Crippen molar-refractivity contribution >= 4 is 27.4 Å². The first-order chi connectivity index (χ1) is 6.15. The summed E-state index contributed by atoms with van der Waals surface area (Å²) in [5.41, 5.74) is 1.86. The Kier molecular flexibility index (Phi) is 3.48. The van der Waals surface area contributed by atoms with Gasteiger partial charge in [-0.3, -0.25) is 4.79 Å². The van der Waals surface area contributed by atoms with Gasteiger partial charge in [-0.1, -0.05) is 15.9 Å². The maximum absolute atomic E-state index is 11.2. The van der Waals surface area contributed by atoms with E-state index in [0.717, 1.165) is 11.3 Å². The molecule has 0 N–H and O–H groups in total. The molecule has 1 aromatic carbocycles. The van der Waals surface area contributed by atoms with E-state index in [1.807, 2.05) is 43.3 Å². The molecule has 0 fully saturated rings. The highest BCUT2D eigenvalue weighted by atomic mass is 79.9. The summed E-state index contributed by atoms with van der Waals surface area (Å²) in [6, 6.07) is 7.57. The summed E-state index contributed by atoms with van der Waals surface area (Å²) in [6.07, 6.45) is 0. The highest BCUT2D eigenvalue weighted by Crippen LogP contribution is 2.12. The van der Waals surface area contributed by atoms with Crippen LogP contribution in [0.15, 0.2) is 24.3 Å². The van der Waals surface area contributed by atoms with Crippen LogP contribution in [0, 0.1) is 0 Å². The Balaban J connectivity index is 2.87. The summed E-state index contributed by atoms with van der Waals surface area (Å²) in [4.78, 5) is 13.2. The molecule has 1 rings (SSSR count). The van der Waals surface area contributed by atoms with E-state index in [4.69, 9.17) is 0 Å². The molecule has 0 aromatic heterocycles. The predicted molar refractivity (Wildman–Crippen MR) is 58.9 cm³/mol. The molecule has 0 heterocycles. The van der Waals surface area contributed by atoms with Gasteiger partial charge in [-0.25, -0.2) is 0 Å². The van der Waals surface area contributed by atoms with Crippen LogP contribution in [0.2, 0.25) is 0 Å². The van der Waals surface area contributed by atoms with Gasteiger partial charge in [0.25, 0.3) is 0 Å². The van der Waals surface area contributed by atoms with E-state index < -0.39 is 0 Å². The number of alkyl halides is 1. The van der Waals surface area contributed by atoms with Crippen molar-refractivity contribution in [3.05, 3.63) is 29.8 Å². The molecule has 0 unspecified atom stereocenters. The van der Waals surface area contributed by atoms with Gasteiger partial charge in [0.2, 0.25) is 0 Å². The van der Waals surface area contributed by atoms with Gasteiger partial charge < -0.3 is 4.90 Å². The second-order valence-electron chi connectivity index (χ2n) is 3.00. The molecule has 3 heteroatoms. The smallest absolute Gasteiger partial charge is 0.173 e. The average Bonchev–Trinajstić information content (AvgIpc) is 2.17. The summed E-state index contributed by atoms with van der Waals surface area (Å²) < 4.78 is 0. The largest absolute Gasteiger partial charge is 0.378 e. The van der Waals surface area contributed by atoms with Gasteiger partial charge in [0.05, 0.1) is 5.33 Å². The molecule has 0 aliphatic carbocycles. The molecule has 0 aliphatic heterocycles. The number of rotatable bonds is 3. The van der Waals surface area contributed by atoms with E-state index in [0.29, 0.717) is 5.33 Å². The maximum atomic E-state index is 11.2. The van der Waals surface area contributed by atoms with Crippen LogP contribution in [-0.2, 0) is 0 Å². The number of Topliss-reactive ketones (excluding diaryl/α,β-unsaturated/α-hetero) is 1. The van der Waals surface area contributed by atoms with E-state index in [2.05, 4.69) is 15.9 Å². The van der Waals surface area contributed by atoms with Crippen LogP contribution in [-0.4, -0.2) is 25.2 Å². The fourth-order valence-electron chi connectivity index (χ4n) is 1.02. The molecule has 2 nitrogen and oxygen atoms in total. The van der Waals surface area contributed by atoms with Crippen LogP contribution in [0.4, 0.5) is 5.69 Å². The van der Waals surface area contributed by atoms with E-state index in [1.165, 1.54) is 0 Å². The van der Waals surface area contributed by atoms with Crippen molar-refractivity contribution in [2.75, 3.05) is 24.3 Å². The molecule has 0 atom stereocenters. The number of anilines is 1. The second kappa shape index (κ2) is 4.42. The van der Waals surface area contributed by atoms with Crippen LogP contribution < -0.4 is 4.90 Å². The minimum atomic E-state index is 0.116. The van der Waals surface area contributed by atoms with Gasteiger partial charge in [-0.2, -0.15) is 0 Å². The molecule has 1 aromatic rings. The lowest BCUT2D eigenvalue weighted by molar-refractivity contribution is 0.102. The van der Waals surface area contributed by atoms with Gasteiger partial charge in [0.15, 0.2) is 5.78 Å². The Morgan fingerprint density at radius 1 is 1.31 bits per heavy atom. The van der Waals surface area contributed by atoms with E-state index >= 15 is 0 Å². The summed E-state index contributed by atoms with van der Waals surface area (Å²) >= 11 is 3.14. The van der Waals surface area contributed by atoms with Crippen LogP contribution in [0.3, 0.4) is 0 Å². The fraction of sp³-hybridized carbons (Fsp3) is 0.300. The summed E-state index contributed by atoms with van der Waals surface area (Å²) in [5, 5.41) is 0.383. The van der Waals surface area contributed by atoms with Crippen LogP contribution in [0.5, 0.6) is 0 Å². The molecular formula is C10H12BrNO. The van der Waals surface area contributed by atoms with Crippen LogP contribution in [0.1, 0.15) is 10.4 Å². The SMILES string of the molecule is [13CH3]N([13CH3])c1ccc(C(=O)CBr)cc1. The number of carbonyl (C=O) groups excluding carboxylic acids is 1. The molecule has 0 spiro atoms. The molecule has 0 bridgehead atoms. The van der Waals surface area contributed by atoms with Crippen molar-refractivity contribution in [2.24, 2.45) is 0 Å². The van der Waals surface area contributed by atoms with Gasteiger partial charge in [0, 0.05) is 25.3 Å². The summed E-state index contributed by atoms with van der Waals surface area (Å²) in [7, 11) is 3.95. The van der Waals surface area contributed by atoms with Crippen molar-refractivity contribution in [1.29, 1.82) is 0 Å². The number of benzene rings is 1. The highest BCUT2D eigenvalue weighted by Gasteiger charge is 2.03. The van der Waals surface area contributed by atoms with E-state index in [9.17, 15) is 4.79 Å². The number of halogens is 1. The fourth-order valence-corrected chi connectivity index (χ4v) is 1.35. The van der Waals surface area contributed by atoms with Crippen molar-refractivity contribution in [2.45, 2.75) is 0 Å². The molecule has 0 radical (unpaired) electrons. The third-order valence-corrected chi connectivity index (χ3v) is 2.34. The first kappa shape index (κ1) is 10.3. The number of nitrogens with zero attached hydrogens (tertiary/aromatic N) is 1. The molecule has 70 valence electrons. The number of hydrogen-bond acceptors (Lipinski definition) is 2. The number of hydrogen-bond donors (Lipinski definition) is 0. The monoisotopic (exact) mass is 243 g/mol. The lowest BCUT2D eigenvalue weighted by atomic mass is 10.1. The molecule has 13 heavy (non-hydrogen) atoms. The Bertz CT molecular complexity index is 292. The number of carbonyl (C=O) groups is 1. The van der Waals surface area contributed by atoms with Crippen molar-refractivity contribution in [3.8, 4) is 0 Å². The van der Waals surface area contributed by atoms with Crippen molar-refractivity contribution < 1.29 is 4.79 Å². The zero-order valence-electron chi connectivity index (χ0n) is 7.75. The lowest BCUT2D eigenvalue weighted by Crippen LogP contribution is -2.09. The Morgan fingerprint density at radius 2 is 1.85 bits per heavy atom. The number of ketones is 1. The summed E-state index contributed by atoms with van der Waals surface area (Å²) in [6.45, 7) is 0. The topological polar surface area (TPSA) is 20.3 Å². The Hall–Kier alpha value is -0.830. The first-order valence-electron chi connectivity index (χ1n) is 4.01. The standard InChI is InChI=1S/C10H12BrNO/c1-12(2)9-5-3-8(4-6-9)10(13)7-11/h3-6H,7H2,1-2H3/i1+1,2+1. The normalized spacial score (nSPS) is 9.77. The van der Waals surface area contributed by atoms with Crippen molar-refractivity contribution in [1.82, 2.24) is 0 Å². The predicted octanol–water partition coefficient (Wildman–Crippen LogP) is 2.33. The molecule has 0 saturated heterocycles. The highest BCUT2D eigenvalue weighted by molar-refractivity contribution is 9.09. The zero-order chi connectivity index (χ0) is 9.84. The third-order valence-electron chi connectivity index (χ3n) is 1.83. The van der Waals surface area contributed by atoms with Gasteiger partial charge in [-0.05, 0) is 24.3 Å². The molecule has 0 saturated carbocycles.